The van der Waals surface area contributed by atoms with Crippen molar-refractivity contribution in [1.82, 2.24) is 4.98 Å². The van der Waals surface area contributed by atoms with Gasteiger partial charge in [0, 0.05) is 17.5 Å². The number of aromatic nitrogens is 1. The zero-order valence-corrected chi connectivity index (χ0v) is 11.5. The Balaban J connectivity index is 2.00. The van der Waals surface area contributed by atoms with Gasteiger partial charge in [0.05, 0.1) is 5.03 Å². The monoisotopic (exact) mass is 250 g/mol. The molecule has 2 rings (SSSR count). The van der Waals surface area contributed by atoms with Crippen LogP contribution in [0.5, 0.6) is 0 Å². The lowest BCUT2D eigenvalue weighted by atomic mass is 9.91. The highest BCUT2D eigenvalue weighted by atomic mass is 32.2. The van der Waals surface area contributed by atoms with E-state index in [0.717, 1.165) is 16.2 Å². The highest BCUT2D eigenvalue weighted by Crippen LogP contribution is 2.35. The lowest BCUT2D eigenvalue weighted by molar-refractivity contribution is 0.394. The van der Waals surface area contributed by atoms with Crippen molar-refractivity contribution in [2.24, 2.45) is 11.7 Å². The summed E-state index contributed by atoms with van der Waals surface area (Å²) in [6, 6.07) is 4.26. The van der Waals surface area contributed by atoms with Crippen molar-refractivity contribution < 1.29 is 0 Å². The Kier molecular flexibility index (Phi) is 4.46. The van der Waals surface area contributed by atoms with Crippen LogP contribution in [0.3, 0.4) is 0 Å². The molecule has 0 spiro atoms. The molecule has 2 unspecified atom stereocenters. The molecule has 0 saturated heterocycles. The van der Waals surface area contributed by atoms with E-state index < -0.39 is 0 Å². The molecule has 1 aromatic rings. The van der Waals surface area contributed by atoms with Crippen LogP contribution in [-0.2, 0) is 0 Å². The second-order valence-electron chi connectivity index (χ2n) is 5.23. The highest BCUT2D eigenvalue weighted by molar-refractivity contribution is 7.99. The lowest BCUT2D eigenvalue weighted by Gasteiger charge is -2.25. The van der Waals surface area contributed by atoms with Crippen molar-refractivity contribution in [2.45, 2.75) is 55.8 Å². The van der Waals surface area contributed by atoms with Gasteiger partial charge >= 0.3 is 0 Å². The molecule has 0 radical (unpaired) electrons. The van der Waals surface area contributed by atoms with Crippen LogP contribution >= 0.6 is 11.8 Å². The fraction of sp³-hybridized carbons (Fsp3) is 0.643. The molecule has 1 heterocycles. The predicted octanol–water partition coefficient (Wildman–Crippen LogP) is 3.77. The molecule has 1 saturated carbocycles. The largest absolute Gasteiger partial charge is 0.324 e. The summed E-state index contributed by atoms with van der Waals surface area (Å²) in [6.07, 6.45) is 7.30. The zero-order valence-electron chi connectivity index (χ0n) is 10.7. The molecule has 1 fully saturated rings. The van der Waals surface area contributed by atoms with Crippen molar-refractivity contribution in [3.8, 4) is 0 Å². The third kappa shape index (κ3) is 3.71. The molecule has 2 N–H and O–H groups in total. The Morgan fingerprint density at radius 2 is 2.29 bits per heavy atom. The number of thioether (sulfide) groups is 1. The second kappa shape index (κ2) is 5.87. The minimum absolute atomic E-state index is 0.0997. The summed E-state index contributed by atoms with van der Waals surface area (Å²) in [5.41, 5.74) is 7.09. The number of nitrogens with two attached hydrogens (primary N) is 1. The molecule has 0 aromatic carbocycles. The molecule has 1 aromatic heterocycles. The third-order valence-electron chi connectivity index (χ3n) is 3.46. The first-order chi connectivity index (χ1) is 8.15. The van der Waals surface area contributed by atoms with E-state index in [2.05, 4.69) is 18.0 Å². The van der Waals surface area contributed by atoms with Crippen molar-refractivity contribution in [3.63, 3.8) is 0 Å². The number of hydrogen-bond donors (Lipinski definition) is 1. The molecule has 0 bridgehead atoms. The molecular formula is C14H22N2S. The average molecular weight is 250 g/mol. The predicted molar refractivity (Wildman–Crippen MR) is 74.1 cm³/mol. The molecule has 2 nitrogen and oxygen atoms in total. The smallest absolute Gasteiger partial charge is 0.0965 e. The maximum Gasteiger partial charge on any atom is 0.0965 e. The van der Waals surface area contributed by atoms with Crippen LogP contribution < -0.4 is 5.73 Å². The molecular weight excluding hydrogens is 228 g/mol. The molecule has 3 atom stereocenters. The van der Waals surface area contributed by atoms with Crippen molar-refractivity contribution in [3.05, 3.63) is 23.9 Å². The summed E-state index contributed by atoms with van der Waals surface area (Å²) < 4.78 is 0. The topological polar surface area (TPSA) is 38.9 Å². The summed E-state index contributed by atoms with van der Waals surface area (Å²) in [7, 11) is 0. The molecule has 0 aliphatic heterocycles. The Morgan fingerprint density at radius 3 is 3.00 bits per heavy atom. The Hall–Kier alpha value is -0.540. The van der Waals surface area contributed by atoms with Crippen LogP contribution in [0.15, 0.2) is 23.4 Å². The van der Waals surface area contributed by atoms with Crippen molar-refractivity contribution in [1.29, 1.82) is 0 Å². The summed E-state index contributed by atoms with van der Waals surface area (Å²) >= 11 is 1.93. The van der Waals surface area contributed by atoms with Crippen LogP contribution in [0.1, 0.15) is 51.1 Å². The van der Waals surface area contributed by atoms with Gasteiger partial charge in [0.25, 0.3) is 0 Å². The molecule has 0 amide bonds. The van der Waals surface area contributed by atoms with E-state index >= 15 is 0 Å². The first kappa shape index (κ1) is 12.9. The van der Waals surface area contributed by atoms with Crippen LogP contribution in [0, 0.1) is 5.92 Å². The lowest BCUT2D eigenvalue weighted by Crippen LogP contribution is -2.15. The average Bonchev–Trinajstić information content (AvgIpc) is 2.29. The van der Waals surface area contributed by atoms with Gasteiger partial charge in [-0.25, -0.2) is 4.98 Å². The van der Waals surface area contributed by atoms with Crippen LogP contribution in [0.25, 0.3) is 0 Å². The van der Waals surface area contributed by atoms with Crippen molar-refractivity contribution >= 4 is 11.8 Å². The number of hydrogen-bond acceptors (Lipinski definition) is 3. The van der Waals surface area contributed by atoms with Gasteiger partial charge < -0.3 is 5.73 Å². The molecule has 94 valence electrons. The first-order valence-electron chi connectivity index (χ1n) is 6.53. The van der Waals surface area contributed by atoms with E-state index in [-0.39, 0.29) is 6.04 Å². The SMILES string of the molecule is CC1CCCC(Sc2cc([C@H](C)N)ccn2)C1. The maximum atomic E-state index is 5.90. The van der Waals surface area contributed by atoms with Gasteiger partial charge in [-0.15, -0.1) is 11.8 Å². The van der Waals surface area contributed by atoms with Crippen molar-refractivity contribution in [2.75, 3.05) is 0 Å². The maximum absolute atomic E-state index is 5.90. The summed E-state index contributed by atoms with van der Waals surface area (Å²) in [5, 5.41) is 1.88. The minimum atomic E-state index is 0.0997. The number of rotatable bonds is 3. The van der Waals surface area contributed by atoms with Gasteiger partial charge in [0.1, 0.15) is 0 Å². The third-order valence-corrected chi connectivity index (χ3v) is 4.69. The molecule has 17 heavy (non-hydrogen) atoms. The van der Waals surface area contributed by atoms with E-state index in [0.29, 0.717) is 0 Å². The molecule has 1 aliphatic rings. The van der Waals surface area contributed by atoms with E-state index in [1.807, 2.05) is 30.9 Å². The normalized spacial score (nSPS) is 26.8. The summed E-state index contributed by atoms with van der Waals surface area (Å²) in [4.78, 5) is 4.45. The Bertz CT molecular complexity index is 365. The Morgan fingerprint density at radius 1 is 1.47 bits per heavy atom. The number of nitrogens with zero attached hydrogens (tertiary/aromatic N) is 1. The minimum Gasteiger partial charge on any atom is -0.324 e. The molecule has 1 aliphatic carbocycles. The first-order valence-corrected chi connectivity index (χ1v) is 7.41. The van der Waals surface area contributed by atoms with Gasteiger partial charge in [-0.3, -0.25) is 0 Å². The van der Waals surface area contributed by atoms with E-state index in [9.17, 15) is 0 Å². The van der Waals surface area contributed by atoms with Gasteiger partial charge in [0.15, 0.2) is 0 Å². The fourth-order valence-corrected chi connectivity index (χ4v) is 3.81. The summed E-state index contributed by atoms with van der Waals surface area (Å²) in [5.74, 6) is 0.873. The summed E-state index contributed by atoms with van der Waals surface area (Å²) in [6.45, 7) is 4.38. The Labute approximate surface area is 108 Å². The standard InChI is InChI=1S/C14H22N2S/c1-10-4-3-5-13(8-10)17-14-9-12(11(2)15)6-7-16-14/h6-7,9-11,13H,3-5,8,15H2,1-2H3/t10?,11-,13?/m0/s1. The zero-order chi connectivity index (χ0) is 12.3. The van der Waals surface area contributed by atoms with Crippen LogP contribution in [0.2, 0.25) is 0 Å². The number of pyridine rings is 1. The van der Waals surface area contributed by atoms with E-state index in [1.165, 1.54) is 31.2 Å². The second-order valence-corrected chi connectivity index (χ2v) is 6.55. The van der Waals surface area contributed by atoms with E-state index in [1.54, 1.807) is 0 Å². The fourth-order valence-electron chi connectivity index (χ4n) is 2.43. The van der Waals surface area contributed by atoms with Crippen LogP contribution in [0.4, 0.5) is 0 Å². The van der Waals surface area contributed by atoms with Crippen LogP contribution in [-0.4, -0.2) is 10.2 Å². The van der Waals surface area contributed by atoms with Gasteiger partial charge in [-0.1, -0.05) is 19.8 Å². The highest BCUT2D eigenvalue weighted by Gasteiger charge is 2.20. The van der Waals surface area contributed by atoms with Gasteiger partial charge in [-0.2, -0.15) is 0 Å². The van der Waals surface area contributed by atoms with Gasteiger partial charge in [0.2, 0.25) is 0 Å². The molecule has 3 heteroatoms. The quantitative estimate of drug-likeness (QED) is 0.887. The van der Waals surface area contributed by atoms with E-state index in [4.69, 9.17) is 5.73 Å². The van der Waals surface area contributed by atoms with Gasteiger partial charge in [-0.05, 0) is 43.4 Å².